The largest absolute Gasteiger partial charge is 0.504 e. The van der Waals surface area contributed by atoms with Crippen molar-refractivity contribution in [2.24, 2.45) is 5.41 Å². The smallest absolute Gasteiger partial charge is 0.275 e. The number of carbonyl (C=O) groups excluding carboxylic acids is 1. The van der Waals surface area contributed by atoms with E-state index in [0.717, 1.165) is 9.26 Å². The summed E-state index contributed by atoms with van der Waals surface area (Å²) in [6, 6.07) is 7.57. The first-order chi connectivity index (χ1) is 11.2. The number of hydrogen-bond donors (Lipinski definition) is 3. The van der Waals surface area contributed by atoms with Gasteiger partial charge in [-0.25, -0.2) is 4.68 Å². The molecule has 0 spiro atoms. The van der Waals surface area contributed by atoms with Gasteiger partial charge in [0.2, 0.25) is 0 Å². The minimum Gasteiger partial charge on any atom is -0.504 e. The molecule has 1 atom stereocenters. The Morgan fingerprint density at radius 2 is 2.08 bits per heavy atom. The Morgan fingerprint density at radius 1 is 1.42 bits per heavy atom. The van der Waals surface area contributed by atoms with E-state index in [1.807, 2.05) is 38.1 Å². The number of hydrogen-bond acceptors (Lipinski definition) is 4. The second-order valence-corrected chi connectivity index (χ2v) is 7.82. The molecular weight excluding hydrogens is 421 g/mol. The molecule has 0 saturated carbocycles. The highest BCUT2D eigenvalue weighted by atomic mass is 127. The van der Waals surface area contributed by atoms with Crippen LogP contribution in [0.25, 0.3) is 5.69 Å². The lowest BCUT2D eigenvalue weighted by Gasteiger charge is -2.26. The lowest BCUT2D eigenvalue weighted by Crippen LogP contribution is -2.36. The van der Waals surface area contributed by atoms with E-state index in [9.17, 15) is 15.0 Å². The first kappa shape index (κ1) is 18.7. The predicted molar refractivity (Wildman–Crippen MR) is 100 cm³/mol. The van der Waals surface area contributed by atoms with Gasteiger partial charge < -0.3 is 15.5 Å². The second kappa shape index (κ2) is 7.52. The highest BCUT2D eigenvalue weighted by molar-refractivity contribution is 14.1. The number of aliphatic hydroxyl groups is 1. The van der Waals surface area contributed by atoms with E-state index in [0.29, 0.717) is 13.0 Å². The van der Waals surface area contributed by atoms with Crippen LogP contribution in [-0.4, -0.2) is 38.5 Å². The topological polar surface area (TPSA) is 87.4 Å². The van der Waals surface area contributed by atoms with Gasteiger partial charge in [0.15, 0.2) is 11.4 Å². The van der Waals surface area contributed by atoms with Crippen LogP contribution in [0.2, 0.25) is 0 Å². The average molecular weight is 443 g/mol. The van der Waals surface area contributed by atoms with Gasteiger partial charge in [-0.3, -0.25) is 4.79 Å². The fourth-order valence-electron chi connectivity index (χ4n) is 2.56. The molecule has 0 aliphatic heterocycles. The zero-order chi connectivity index (χ0) is 17.9. The summed E-state index contributed by atoms with van der Waals surface area (Å²) in [6.07, 6.45) is 1.55. The Balaban J connectivity index is 2.13. The van der Waals surface area contributed by atoms with E-state index < -0.39 is 12.0 Å². The number of para-hydroxylation sites is 1. The Labute approximate surface area is 155 Å². The molecular formula is C17H22IN3O3. The van der Waals surface area contributed by atoms with Crippen LogP contribution in [0.5, 0.6) is 5.75 Å². The van der Waals surface area contributed by atoms with Gasteiger partial charge in [0.1, 0.15) is 0 Å². The van der Waals surface area contributed by atoms with Crippen LogP contribution in [0, 0.1) is 8.99 Å². The molecule has 0 bridgehead atoms. The van der Waals surface area contributed by atoms with E-state index in [2.05, 4.69) is 33.0 Å². The standard InChI is InChI=1S/C17H22IN3O3/c1-11(22)8-17(2,3)10-19-16(24)15-14(23)9-21(20-15)13-7-5-4-6-12(13)18/h4-7,9,11,22-23H,8,10H2,1-3H3,(H,19,24)/t11-/m0/s1. The van der Waals surface area contributed by atoms with Crippen molar-refractivity contribution in [3.8, 4) is 11.4 Å². The van der Waals surface area contributed by atoms with Gasteiger partial charge in [0, 0.05) is 10.1 Å². The molecule has 0 fully saturated rings. The molecule has 0 unspecified atom stereocenters. The number of aromatic hydroxyl groups is 1. The molecule has 6 nitrogen and oxygen atoms in total. The maximum atomic E-state index is 12.3. The molecule has 1 aromatic carbocycles. The second-order valence-electron chi connectivity index (χ2n) is 6.66. The molecule has 130 valence electrons. The van der Waals surface area contributed by atoms with Gasteiger partial charge in [-0.15, -0.1) is 0 Å². The van der Waals surface area contributed by atoms with Crippen LogP contribution in [-0.2, 0) is 0 Å². The average Bonchev–Trinajstić information content (AvgIpc) is 2.86. The maximum Gasteiger partial charge on any atom is 0.275 e. The van der Waals surface area contributed by atoms with Crippen molar-refractivity contribution in [1.29, 1.82) is 0 Å². The zero-order valence-electron chi connectivity index (χ0n) is 14.0. The summed E-state index contributed by atoms with van der Waals surface area (Å²) in [4.78, 5) is 12.3. The van der Waals surface area contributed by atoms with Crippen LogP contribution in [0.15, 0.2) is 30.5 Å². The first-order valence-electron chi connectivity index (χ1n) is 7.69. The van der Waals surface area contributed by atoms with Gasteiger partial charge >= 0.3 is 0 Å². The van der Waals surface area contributed by atoms with Gasteiger partial charge in [-0.05, 0) is 53.5 Å². The lowest BCUT2D eigenvalue weighted by atomic mass is 9.87. The number of halogens is 1. The Bertz CT molecular complexity index is 726. The molecule has 2 aromatic rings. The third-order valence-electron chi connectivity index (χ3n) is 3.58. The first-order valence-corrected chi connectivity index (χ1v) is 8.77. The highest BCUT2D eigenvalue weighted by Gasteiger charge is 2.23. The van der Waals surface area contributed by atoms with Crippen molar-refractivity contribution in [2.75, 3.05) is 6.54 Å². The maximum absolute atomic E-state index is 12.3. The molecule has 0 saturated heterocycles. The number of aromatic nitrogens is 2. The molecule has 24 heavy (non-hydrogen) atoms. The fourth-order valence-corrected chi connectivity index (χ4v) is 3.20. The van der Waals surface area contributed by atoms with Crippen molar-refractivity contribution >= 4 is 28.5 Å². The van der Waals surface area contributed by atoms with E-state index in [4.69, 9.17) is 0 Å². The summed E-state index contributed by atoms with van der Waals surface area (Å²) in [5.41, 5.74) is 0.529. The monoisotopic (exact) mass is 443 g/mol. The summed E-state index contributed by atoms with van der Waals surface area (Å²) < 4.78 is 2.45. The zero-order valence-corrected chi connectivity index (χ0v) is 16.1. The summed E-state index contributed by atoms with van der Waals surface area (Å²) >= 11 is 2.17. The molecule has 0 aliphatic carbocycles. The summed E-state index contributed by atoms with van der Waals surface area (Å²) in [5.74, 6) is -0.601. The number of aliphatic hydroxyl groups excluding tert-OH is 1. The predicted octanol–water partition coefficient (Wildman–Crippen LogP) is 2.71. The fraction of sp³-hybridized carbons (Fsp3) is 0.412. The lowest BCUT2D eigenvalue weighted by molar-refractivity contribution is 0.0894. The number of benzene rings is 1. The SMILES string of the molecule is C[C@H](O)CC(C)(C)CNC(=O)c1nn(-c2ccccc2I)cc1O. The molecule has 1 heterocycles. The van der Waals surface area contributed by atoms with E-state index in [-0.39, 0.29) is 16.9 Å². The Morgan fingerprint density at radius 3 is 2.71 bits per heavy atom. The number of nitrogens with zero attached hydrogens (tertiary/aromatic N) is 2. The van der Waals surface area contributed by atoms with Crippen LogP contribution in [0.3, 0.4) is 0 Å². The summed E-state index contributed by atoms with van der Waals surface area (Å²) in [5, 5.41) is 26.5. The summed E-state index contributed by atoms with van der Waals surface area (Å²) in [7, 11) is 0. The van der Waals surface area contributed by atoms with Crippen molar-refractivity contribution in [3.63, 3.8) is 0 Å². The van der Waals surface area contributed by atoms with E-state index >= 15 is 0 Å². The Hall–Kier alpha value is -1.61. The van der Waals surface area contributed by atoms with Crippen molar-refractivity contribution in [1.82, 2.24) is 15.1 Å². The molecule has 7 heteroatoms. The van der Waals surface area contributed by atoms with Crippen LogP contribution in [0.1, 0.15) is 37.7 Å². The molecule has 1 aromatic heterocycles. The van der Waals surface area contributed by atoms with Gasteiger partial charge in [-0.1, -0.05) is 26.0 Å². The summed E-state index contributed by atoms with van der Waals surface area (Å²) in [6.45, 7) is 6.03. The number of rotatable bonds is 6. The number of carbonyl (C=O) groups is 1. The quantitative estimate of drug-likeness (QED) is 0.600. The molecule has 0 radical (unpaired) electrons. The molecule has 0 aliphatic rings. The van der Waals surface area contributed by atoms with Gasteiger partial charge in [-0.2, -0.15) is 5.10 Å². The van der Waals surface area contributed by atoms with Crippen molar-refractivity contribution in [2.45, 2.75) is 33.3 Å². The van der Waals surface area contributed by atoms with E-state index in [1.54, 1.807) is 6.92 Å². The minimum absolute atomic E-state index is 0.0116. The van der Waals surface area contributed by atoms with E-state index in [1.165, 1.54) is 10.9 Å². The van der Waals surface area contributed by atoms with Crippen molar-refractivity contribution < 1.29 is 15.0 Å². The molecule has 1 amide bonds. The highest BCUT2D eigenvalue weighted by Crippen LogP contribution is 2.23. The molecule has 2 rings (SSSR count). The third-order valence-corrected chi connectivity index (χ3v) is 4.50. The van der Waals surface area contributed by atoms with Crippen molar-refractivity contribution in [3.05, 3.63) is 39.7 Å². The molecule has 3 N–H and O–H groups in total. The number of nitrogens with one attached hydrogen (secondary N) is 1. The minimum atomic E-state index is -0.440. The normalized spacial score (nSPS) is 12.9. The van der Waals surface area contributed by atoms with Crippen LogP contribution < -0.4 is 5.32 Å². The Kier molecular flexibility index (Phi) is 5.87. The van der Waals surface area contributed by atoms with Gasteiger partial charge in [0.05, 0.1) is 18.0 Å². The van der Waals surface area contributed by atoms with Crippen LogP contribution >= 0.6 is 22.6 Å². The van der Waals surface area contributed by atoms with Gasteiger partial charge in [0.25, 0.3) is 5.91 Å². The third kappa shape index (κ3) is 4.70. The number of amides is 1. The van der Waals surface area contributed by atoms with Crippen LogP contribution in [0.4, 0.5) is 0 Å².